The summed E-state index contributed by atoms with van der Waals surface area (Å²) < 4.78 is 41.4. The van der Waals surface area contributed by atoms with Crippen LogP contribution in [-0.2, 0) is 20.9 Å². The van der Waals surface area contributed by atoms with E-state index in [1.54, 1.807) is 11.4 Å². The molecular formula is C15H19F3N2O3. The van der Waals surface area contributed by atoms with E-state index >= 15 is 0 Å². The van der Waals surface area contributed by atoms with Crippen LogP contribution in [0.4, 0.5) is 18.9 Å². The molecule has 0 aliphatic carbocycles. The molecule has 0 radical (unpaired) electrons. The highest BCUT2D eigenvalue weighted by Gasteiger charge is 2.38. The second-order valence-electron chi connectivity index (χ2n) is 5.28. The van der Waals surface area contributed by atoms with Gasteiger partial charge in [-0.3, -0.25) is 9.59 Å². The summed E-state index contributed by atoms with van der Waals surface area (Å²) in [6, 6.07) is 5.42. The van der Waals surface area contributed by atoms with Gasteiger partial charge in [0.15, 0.2) is 0 Å². The lowest BCUT2D eigenvalue weighted by Gasteiger charge is -2.20. The first-order valence-corrected chi connectivity index (χ1v) is 6.93. The molecule has 0 aliphatic heterocycles. The monoisotopic (exact) mass is 332 g/mol. The SMILES string of the molecule is COC(=O)C(NCc1cccc(NC(=O)C(F)(F)F)c1)C(C)C. The molecule has 0 aliphatic rings. The van der Waals surface area contributed by atoms with Crippen LogP contribution in [-0.4, -0.2) is 31.2 Å². The molecule has 23 heavy (non-hydrogen) atoms. The van der Waals surface area contributed by atoms with Crippen LogP contribution in [0.25, 0.3) is 0 Å². The van der Waals surface area contributed by atoms with Crippen molar-refractivity contribution < 1.29 is 27.5 Å². The number of hydrogen-bond acceptors (Lipinski definition) is 4. The first-order valence-electron chi connectivity index (χ1n) is 6.93. The minimum Gasteiger partial charge on any atom is -0.468 e. The number of hydrogen-bond donors (Lipinski definition) is 2. The lowest BCUT2D eigenvalue weighted by Crippen LogP contribution is -2.41. The fourth-order valence-corrected chi connectivity index (χ4v) is 1.91. The highest BCUT2D eigenvalue weighted by Crippen LogP contribution is 2.19. The van der Waals surface area contributed by atoms with Crippen LogP contribution < -0.4 is 10.6 Å². The van der Waals surface area contributed by atoms with Gasteiger partial charge < -0.3 is 15.4 Å². The number of esters is 1. The van der Waals surface area contributed by atoms with Crippen molar-refractivity contribution in [1.29, 1.82) is 0 Å². The summed E-state index contributed by atoms with van der Waals surface area (Å²) in [6.07, 6.45) is -4.94. The number of halogens is 3. The topological polar surface area (TPSA) is 67.4 Å². The van der Waals surface area contributed by atoms with Crippen molar-refractivity contribution >= 4 is 17.6 Å². The summed E-state index contributed by atoms with van der Waals surface area (Å²) in [5.41, 5.74) is 0.658. The number of rotatable bonds is 6. The number of carbonyl (C=O) groups excluding carboxylic acids is 2. The number of methoxy groups -OCH3 is 1. The standard InChI is InChI=1S/C15H19F3N2O3/c1-9(2)12(13(21)23-3)19-8-10-5-4-6-11(7-10)20-14(22)15(16,17)18/h4-7,9,12,19H,8H2,1-3H3,(H,20,22). The molecular weight excluding hydrogens is 313 g/mol. The maximum atomic E-state index is 12.2. The van der Waals surface area contributed by atoms with E-state index in [1.807, 2.05) is 13.8 Å². The van der Waals surface area contributed by atoms with E-state index in [4.69, 9.17) is 4.74 Å². The van der Waals surface area contributed by atoms with E-state index in [0.717, 1.165) is 0 Å². The molecule has 128 valence electrons. The molecule has 1 rings (SSSR count). The Bertz CT molecular complexity index is 559. The van der Waals surface area contributed by atoms with Crippen LogP contribution in [0.3, 0.4) is 0 Å². The second-order valence-corrected chi connectivity index (χ2v) is 5.28. The summed E-state index contributed by atoms with van der Waals surface area (Å²) in [7, 11) is 1.28. The number of carbonyl (C=O) groups is 2. The number of nitrogens with one attached hydrogen (secondary N) is 2. The molecule has 1 aromatic rings. The average Bonchev–Trinajstić information content (AvgIpc) is 2.46. The summed E-state index contributed by atoms with van der Waals surface area (Å²) >= 11 is 0. The zero-order chi connectivity index (χ0) is 17.6. The molecule has 1 amide bonds. The maximum absolute atomic E-state index is 12.2. The minimum atomic E-state index is -4.94. The van der Waals surface area contributed by atoms with Gasteiger partial charge in [-0.05, 0) is 23.6 Å². The average molecular weight is 332 g/mol. The van der Waals surface area contributed by atoms with E-state index < -0.39 is 24.1 Å². The molecule has 5 nitrogen and oxygen atoms in total. The van der Waals surface area contributed by atoms with Crippen LogP contribution in [0.15, 0.2) is 24.3 Å². The van der Waals surface area contributed by atoms with Gasteiger partial charge in [-0.25, -0.2) is 0 Å². The third-order valence-corrected chi connectivity index (χ3v) is 3.09. The largest absolute Gasteiger partial charge is 0.471 e. The molecule has 0 bridgehead atoms. The van der Waals surface area contributed by atoms with Gasteiger partial charge in [0, 0.05) is 12.2 Å². The van der Waals surface area contributed by atoms with E-state index in [2.05, 4.69) is 5.32 Å². The first kappa shape index (κ1) is 19.0. The fraction of sp³-hybridized carbons (Fsp3) is 0.467. The number of amides is 1. The van der Waals surface area contributed by atoms with Crippen LogP contribution in [0.5, 0.6) is 0 Å². The van der Waals surface area contributed by atoms with Crippen LogP contribution >= 0.6 is 0 Å². The smallest absolute Gasteiger partial charge is 0.468 e. The summed E-state index contributed by atoms with van der Waals surface area (Å²) in [4.78, 5) is 22.5. The molecule has 0 saturated heterocycles. The Labute approximate surface area is 132 Å². The lowest BCUT2D eigenvalue weighted by atomic mass is 10.0. The Kier molecular flexibility index (Phi) is 6.56. The zero-order valence-electron chi connectivity index (χ0n) is 13.0. The number of anilines is 1. The van der Waals surface area contributed by atoms with Gasteiger partial charge in [-0.1, -0.05) is 26.0 Å². The summed E-state index contributed by atoms with van der Waals surface area (Å²) in [5, 5.41) is 4.77. The molecule has 1 aromatic carbocycles. The minimum absolute atomic E-state index is 0.0180. The number of ether oxygens (including phenoxy) is 1. The summed E-state index contributed by atoms with van der Waals surface area (Å²) in [5.74, 6) is -2.46. The van der Waals surface area contributed by atoms with Gasteiger partial charge in [0.05, 0.1) is 7.11 Å². The van der Waals surface area contributed by atoms with Crippen LogP contribution in [0.1, 0.15) is 19.4 Å². The zero-order valence-corrected chi connectivity index (χ0v) is 13.0. The first-order chi connectivity index (χ1) is 10.6. The predicted octanol–water partition coefficient (Wildman–Crippen LogP) is 2.47. The van der Waals surface area contributed by atoms with Gasteiger partial charge in [-0.15, -0.1) is 0 Å². The van der Waals surface area contributed by atoms with E-state index in [0.29, 0.717) is 5.56 Å². The van der Waals surface area contributed by atoms with Gasteiger partial charge in [0.25, 0.3) is 0 Å². The summed E-state index contributed by atoms with van der Waals surface area (Å²) in [6.45, 7) is 3.93. The van der Waals surface area contributed by atoms with Gasteiger partial charge in [0.1, 0.15) is 6.04 Å². The van der Waals surface area contributed by atoms with Crippen molar-refractivity contribution in [1.82, 2.24) is 5.32 Å². The lowest BCUT2D eigenvalue weighted by molar-refractivity contribution is -0.167. The quantitative estimate of drug-likeness (QED) is 0.786. The van der Waals surface area contributed by atoms with Crippen molar-refractivity contribution in [2.24, 2.45) is 5.92 Å². The Morgan fingerprint density at radius 3 is 2.43 bits per heavy atom. The molecule has 0 saturated carbocycles. The van der Waals surface area contributed by atoms with Crippen molar-refractivity contribution in [3.05, 3.63) is 29.8 Å². The normalized spacial score (nSPS) is 12.8. The van der Waals surface area contributed by atoms with E-state index in [-0.39, 0.29) is 18.2 Å². The highest BCUT2D eigenvalue weighted by atomic mass is 19.4. The molecule has 2 N–H and O–H groups in total. The van der Waals surface area contributed by atoms with E-state index in [1.165, 1.54) is 25.3 Å². The van der Waals surface area contributed by atoms with Gasteiger partial charge in [-0.2, -0.15) is 13.2 Å². The molecule has 1 unspecified atom stereocenters. The number of alkyl halides is 3. The molecule has 0 heterocycles. The predicted molar refractivity (Wildman–Crippen MR) is 78.6 cm³/mol. The van der Waals surface area contributed by atoms with Crippen molar-refractivity contribution in [3.8, 4) is 0 Å². The highest BCUT2D eigenvalue weighted by molar-refractivity contribution is 5.94. The van der Waals surface area contributed by atoms with Crippen LogP contribution in [0.2, 0.25) is 0 Å². The Morgan fingerprint density at radius 1 is 1.26 bits per heavy atom. The van der Waals surface area contributed by atoms with Gasteiger partial charge in [0.2, 0.25) is 0 Å². The third kappa shape index (κ3) is 5.90. The van der Waals surface area contributed by atoms with Crippen molar-refractivity contribution in [2.75, 3.05) is 12.4 Å². The molecule has 1 atom stereocenters. The molecule has 0 spiro atoms. The van der Waals surface area contributed by atoms with Gasteiger partial charge >= 0.3 is 18.1 Å². The molecule has 0 fully saturated rings. The number of benzene rings is 1. The fourth-order valence-electron chi connectivity index (χ4n) is 1.91. The van der Waals surface area contributed by atoms with Crippen LogP contribution in [0, 0.1) is 5.92 Å². The molecule has 0 aromatic heterocycles. The van der Waals surface area contributed by atoms with E-state index in [9.17, 15) is 22.8 Å². The van der Waals surface area contributed by atoms with Crippen molar-refractivity contribution in [2.45, 2.75) is 32.6 Å². The Balaban J connectivity index is 2.74. The Hall–Kier alpha value is -2.09. The molecule has 8 heteroatoms. The second kappa shape index (κ2) is 7.96. The van der Waals surface area contributed by atoms with Crippen molar-refractivity contribution in [3.63, 3.8) is 0 Å². The third-order valence-electron chi connectivity index (χ3n) is 3.09. The maximum Gasteiger partial charge on any atom is 0.471 e. The Morgan fingerprint density at radius 2 is 1.91 bits per heavy atom.